The molecule has 1 aliphatic carbocycles. The van der Waals surface area contributed by atoms with Gasteiger partial charge in [-0.3, -0.25) is 14.8 Å². The highest BCUT2D eigenvalue weighted by atomic mass is 127. The third kappa shape index (κ3) is 5.32. The molecule has 3 N–H and O–H groups in total. The van der Waals surface area contributed by atoms with Crippen LogP contribution >= 0.6 is 24.0 Å². The molecule has 7 heteroatoms. The van der Waals surface area contributed by atoms with Gasteiger partial charge in [-0.2, -0.15) is 0 Å². The Labute approximate surface area is 135 Å². The number of carbonyl (C=O) groups excluding carboxylic acids is 1. The van der Waals surface area contributed by atoms with E-state index in [1.54, 1.807) is 31.6 Å². The first-order valence-electron chi connectivity index (χ1n) is 6.36. The molecule has 0 aromatic carbocycles. The van der Waals surface area contributed by atoms with E-state index in [-0.39, 0.29) is 36.4 Å². The largest absolute Gasteiger partial charge is 0.353 e. The standard InChI is InChI=1S/C13H19N5O.HI/c1-9-6-11(9)18-13(14-2)16-8-12(19)17-10-4-3-5-15-7-10;/h3-5,7,9,11H,6,8H2,1-2H3,(H,17,19)(H2,14,16,18);1H. The Kier molecular flexibility index (Phi) is 6.69. The normalized spacial score (nSPS) is 20.6. The van der Waals surface area contributed by atoms with Crippen molar-refractivity contribution in [1.29, 1.82) is 0 Å². The van der Waals surface area contributed by atoms with E-state index in [4.69, 9.17) is 0 Å². The predicted octanol–water partition coefficient (Wildman–Crippen LogP) is 1.21. The lowest BCUT2D eigenvalue weighted by atomic mass is 10.4. The first-order chi connectivity index (χ1) is 9.19. The second kappa shape index (κ2) is 8.03. The molecule has 6 nitrogen and oxygen atoms in total. The van der Waals surface area contributed by atoms with Crippen LogP contribution in [-0.2, 0) is 4.79 Å². The quantitative estimate of drug-likeness (QED) is 0.411. The summed E-state index contributed by atoms with van der Waals surface area (Å²) in [5.41, 5.74) is 0.688. The number of carbonyl (C=O) groups is 1. The maximum Gasteiger partial charge on any atom is 0.243 e. The zero-order chi connectivity index (χ0) is 13.7. The number of aliphatic imine (C=N–C) groups is 1. The molecule has 0 spiro atoms. The van der Waals surface area contributed by atoms with E-state index in [0.29, 0.717) is 23.6 Å². The van der Waals surface area contributed by atoms with Gasteiger partial charge < -0.3 is 16.0 Å². The minimum absolute atomic E-state index is 0. The maximum absolute atomic E-state index is 11.7. The van der Waals surface area contributed by atoms with Crippen molar-refractivity contribution in [3.63, 3.8) is 0 Å². The fourth-order valence-electron chi connectivity index (χ4n) is 1.70. The average Bonchev–Trinajstić information content (AvgIpc) is 3.11. The lowest BCUT2D eigenvalue weighted by molar-refractivity contribution is -0.115. The van der Waals surface area contributed by atoms with Gasteiger partial charge in [-0.05, 0) is 24.5 Å². The fourth-order valence-corrected chi connectivity index (χ4v) is 1.70. The van der Waals surface area contributed by atoms with Gasteiger partial charge in [-0.15, -0.1) is 24.0 Å². The second-order valence-electron chi connectivity index (χ2n) is 4.68. The monoisotopic (exact) mass is 389 g/mol. The summed E-state index contributed by atoms with van der Waals surface area (Å²) in [5, 5.41) is 9.00. The van der Waals surface area contributed by atoms with Gasteiger partial charge in [0.15, 0.2) is 5.96 Å². The summed E-state index contributed by atoms with van der Waals surface area (Å²) in [4.78, 5) is 19.7. The first-order valence-corrected chi connectivity index (χ1v) is 6.36. The molecule has 20 heavy (non-hydrogen) atoms. The molecule has 1 aliphatic rings. The van der Waals surface area contributed by atoms with E-state index in [9.17, 15) is 4.79 Å². The van der Waals surface area contributed by atoms with Crippen LogP contribution in [0.15, 0.2) is 29.5 Å². The molecule has 0 saturated heterocycles. The third-order valence-corrected chi connectivity index (χ3v) is 3.02. The summed E-state index contributed by atoms with van der Waals surface area (Å²) in [7, 11) is 1.70. The zero-order valence-electron chi connectivity index (χ0n) is 11.6. The highest BCUT2D eigenvalue weighted by Crippen LogP contribution is 2.28. The Morgan fingerprint density at radius 1 is 1.55 bits per heavy atom. The topological polar surface area (TPSA) is 78.4 Å². The van der Waals surface area contributed by atoms with Crippen molar-refractivity contribution in [3.05, 3.63) is 24.5 Å². The molecule has 0 radical (unpaired) electrons. The Bertz CT molecular complexity index is 465. The van der Waals surface area contributed by atoms with Crippen LogP contribution < -0.4 is 16.0 Å². The Morgan fingerprint density at radius 3 is 2.85 bits per heavy atom. The van der Waals surface area contributed by atoms with Gasteiger partial charge in [0.2, 0.25) is 5.91 Å². The Morgan fingerprint density at radius 2 is 2.30 bits per heavy atom. The molecule has 2 unspecified atom stereocenters. The van der Waals surface area contributed by atoms with Crippen molar-refractivity contribution in [2.45, 2.75) is 19.4 Å². The number of halogens is 1. The SMILES string of the molecule is CN=C(NCC(=O)Nc1cccnc1)NC1CC1C.I. The van der Waals surface area contributed by atoms with Crippen molar-refractivity contribution in [2.24, 2.45) is 10.9 Å². The molecule has 1 fully saturated rings. The molecule has 1 amide bonds. The molecular weight excluding hydrogens is 369 g/mol. The van der Waals surface area contributed by atoms with E-state index in [0.717, 1.165) is 6.42 Å². The summed E-state index contributed by atoms with van der Waals surface area (Å²) < 4.78 is 0. The summed E-state index contributed by atoms with van der Waals surface area (Å²) in [6, 6.07) is 4.05. The van der Waals surface area contributed by atoms with Crippen molar-refractivity contribution >= 4 is 41.5 Å². The fraction of sp³-hybridized carbons (Fsp3) is 0.462. The van der Waals surface area contributed by atoms with E-state index >= 15 is 0 Å². The predicted molar refractivity (Wildman–Crippen MR) is 90.3 cm³/mol. The van der Waals surface area contributed by atoms with Crippen LogP contribution in [0.4, 0.5) is 5.69 Å². The minimum atomic E-state index is -0.125. The number of rotatable bonds is 4. The van der Waals surface area contributed by atoms with Gasteiger partial charge in [-0.1, -0.05) is 6.92 Å². The summed E-state index contributed by atoms with van der Waals surface area (Å²) in [5.74, 6) is 1.22. The number of nitrogens with one attached hydrogen (secondary N) is 3. The van der Waals surface area contributed by atoms with Crippen LogP contribution in [0.25, 0.3) is 0 Å². The van der Waals surface area contributed by atoms with Gasteiger partial charge >= 0.3 is 0 Å². The van der Waals surface area contributed by atoms with Crippen LogP contribution in [0, 0.1) is 5.92 Å². The summed E-state index contributed by atoms with van der Waals surface area (Å²) >= 11 is 0. The molecule has 2 atom stereocenters. The van der Waals surface area contributed by atoms with Gasteiger partial charge in [0.1, 0.15) is 0 Å². The van der Waals surface area contributed by atoms with Gasteiger partial charge in [0, 0.05) is 19.3 Å². The van der Waals surface area contributed by atoms with Crippen LogP contribution in [0.3, 0.4) is 0 Å². The van der Waals surface area contributed by atoms with Crippen LogP contribution in [0.5, 0.6) is 0 Å². The number of hydrogen-bond donors (Lipinski definition) is 3. The lowest BCUT2D eigenvalue weighted by Crippen LogP contribution is -2.42. The Hall–Kier alpha value is -1.38. The van der Waals surface area contributed by atoms with Gasteiger partial charge in [0.05, 0.1) is 18.4 Å². The molecule has 110 valence electrons. The molecular formula is C13H20IN5O. The van der Waals surface area contributed by atoms with Crippen LogP contribution in [0.2, 0.25) is 0 Å². The maximum atomic E-state index is 11.7. The van der Waals surface area contributed by atoms with Crippen LogP contribution in [0.1, 0.15) is 13.3 Å². The molecule has 0 aliphatic heterocycles. The Balaban J connectivity index is 0.00000200. The number of aromatic nitrogens is 1. The van der Waals surface area contributed by atoms with E-state index in [1.807, 2.05) is 0 Å². The van der Waals surface area contributed by atoms with E-state index in [2.05, 4.69) is 32.9 Å². The molecule has 1 saturated carbocycles. The summed E-state index contributed by atoms with van der Waals surface area (Å²) in [6.45, 7) is 2.36. The van der Waals surface area contributed by atoms with Gasteiger partial charge in [-0.25, -0.2) is 0 Å². The highest BCUT2D eigenvalue weighted by Gasteiger charge is 2.33. The molecule has 0 bridgehead atoms. The van der Waals surface area contributed by atoms with Crippen molar-refractivity contribution in [3.8, 4) is 0 Å². The summed E-state index contributed by atoms with van der Waals surface area (Å²) in [6.07, 6.45) is 4.43. The minimum Gasteiger partial charge on any atom is -0.353 e. The molecule has 2 rings (SSSR count). The molecule has 1 aromatic heterocycles. The zero-order valence-corrected chi connectivity index (χ0v) is 13.9. The second-order valence-corrected chi connectivity index (χ2v) is 4.68. The van der Waals surface area contributed by atoms with Crippen molar-refractivity contribution < 1.29 is 4.79 Å². The molecule has 1 heterocycles. The first kappa shape index (κ1) is 16.7. The number of guanidine groups is 1. The number of hydrogen-bond acceptors (Lipinski definition) is 3. The number of anilines is 1. The van der Waals surface area contributed by atoms with E-state index in [1.165, 1.54) is 0 Å². The van der Waals surface area contributed by atoms with Gasteiger partial charge in [0.25, 0.3) is 0 Å². The number of amides is 1. The number of nitrogens with zero attached hydrogens (tertiary/aromatic N) is 2. The number of pyridine rings is 1. The lowest BCUT2D eigenvalue weighted by Gasteiger charge is -2.11. The average molecular weight is 389 g/mol. The highest BCUT2D eigenvalue weighted by molar-refractivity contribution is 14.0. The smallest absolute Gasteiger partial charge is 0.243 e. The van der Waals surface area contributed by atoms with E-state index < -0.39 is 0 Å². The molecule has 1 aromatic rings. The van der Waals surface area contributed by atoms with Crippen LogP contribution in [-0.4, -0.2) is 36.5 Å². The van der Waals surface area contributed by atoms with Crippen molar-refractivity contribution in [2.75, 3.05) is 18.9 Å². The third-order valence-electron chi connectivity index (χ3n) is 3.02. The van der Waals surface area contributed by atoms with Crippen molar-refractivity contribution in [1.82, 2.24) is 15.6 Å².